The molecule has 0 spiro atoms. The summed E-state index contributed by atoms with van der Waals surface area (Å²) in [4.78, 5) is 5.24. The molecule has 1 fully saturated rings. The van der Waals surface area contributed by atoms with Crippen LogP contribution in [0.4, 0.5) is 0 Å². The van der Waals surface area contributed by atoms with Crippen molar-refractivity contribution in [3.8, 4) is 0 Å². The van der Waals surface area contributed by atoms with Crippen molar-refractivity contribution in [2.45, 2.75) is 33.6 Å². The van der Waals surface area contributed by atoms with Gasteiger partial charge in [0.25, 0.3) is 0 Å². The fraction of sp³-hybridized carbons (Fsp3) is 1.00. The van der Waals surface area contributed by atoms with Gasteiger partial charge in [-0.05, 0) is 31.8 Å². The summed E-state index contributed by atoms with van der Waals surface area (Å²) >= 11 is 0. The van der Waals surface area contributed by atoms with Crippen LogP contribution in [0.25, 0.3) is 0 Å². The molecule has 0 aromatic heterocycles. The Hall–Kier alpha value is -0.120. The molecular weight excluding hydrogens is 210 g/mol. The van der Waals surface area contributed by atoms with Gasteiger partial charge in [0.05, 0.1) is 0 Å². The highest BCUT2D eigenvalue weighted by molar-refractivity contribution is 4.82. The van der Waals surface area contributed by atoms with Crippen LogP contribution in [0.5, 0.6) is 0 Å². The quantitative estimate of drug-likeness (QED) is 0.731. The van der Waals surface area contributed by atoms with Crippen molar-refractivity contribution in [3.63, 3.8) is 0 Å². The number of rotatable bonds is 7. The van der Waals surface area contributed by atoms with Crippen molar-refractivity contribution in [1.29, 1.82) is 0 Å². The van der Waals surface area contributed by atoms with E-state index in [1.807, 2.05) is 0 Å². The standard InChI is InChI=1S/C14H31N3/c1-5-7-16-8-10-17(11-9-16)13-14(3,6-2)12-15-4/h15H,5-13H2,1-4H3. The molecule has 0 amide bonds. The van der Waals surface area contributed by atoms with Gasteiger partial charge in [0.15, 0.2) is 0 Å². The first-order valence-electron chi connectivity index (χ1n) is 7.23. The molecule has 1 atom stereocenters. The molecule has 1 unspecified atom stereocenters. The Labute approximate surface area is 108 Å². The van der Waals surface area contributed by atoms with Gasteiger partial charge >= 0.3 is 0 Å². The molecule has 102 valence electrons. The molecule has 1 aliphatic rings. The van der Waals surface area contributed by atoms with E-state index >= 15 is 0 Å². The minimum absolute atomic E-state index is 0.432. The van der Waals surface area contributed by atoms with E-state index in [9.17, 15) is 0 Å². The minimum Gasteiger partial charge on any atom is -0.319 e. The lowest BCUT2D eigenvalue weighted by Gasteiger charge is -2.40. The minimum atomic E-state index is 0.432. The SMILES string of the molecule is CCCN1CCN(CC(C)(CC)CNC)CC1. The molecule has 1 heterocycles. The van der Waals surface area contributed by atoms with E-state index in [1.54, 1.807) is 0 Å². The molecule has 0 radical (unpaired) electrons. The zero-order chi connectivity index (χ0) is 12.7. The van der Waals surface area contributed by atoms with E-state index in [1.165, 1.54) is 52.1 Å². The Bertz CT molecular complexity index is 200. The summed E-state index contributed by atoms with van der Waals surface area (Å²) in [7, 11) is 2.06. The molecule has 0 bridgehead atoms. The summed E-state index contributed by atoms with van der Waals surface area (Å²) in [5, 5.41) is 3.34. The van der Waals surface area contributed by atoms with Crippen LogP contribution in [0.2, 0.25) is 0 Å². The normalized spacial score (nSPS) is 22.6. The number of hydrogen-bond acceptors (Lipinski definition) is 3. The predicted octanol–water partition coefficient (Wildman–Crippen LogP) is 1.65. The van der Waals surface area contributed by atoms with Gasteiger partial charge in [-0.25, -0.2) is 0 Å². The maximum absolute atomic E-state index is 3.34. The summed E-state index contributed by atoms with van der Waals surface area (Å²) in [6.45, 7) is 15.6. The van der Waals surface area contributed by atoms with Gasteiger partial charge in [0.2, 0.25) is 0 Å². The topological polar surface area (TPSA) is 18.5 Å². The molecule has 1 aliphatic heterocycles. The summed E-state index contributed by atoms with van der Waals surface area (Å²) in [5.74, 6) is 0. The first-order chi connectivity index (χ1) is 8.13. The molecule has 1 saturated heterocycles. The Morgan fingerprint density at radius 1 is 1.06 bits per heavy atom. The Balaban J connectivity index is 2.33. The molecule has 3 heteroatoms. The van der Waals surface area contributed by atoms with E-state index in [0.29, 0.717) is 5.41 Å². The number of nitrogens with zero attached hydrogens (tertiary/aromatic N) is 2. The molecule has 3 nitrogen and oxygen atoms in total. The molecule has 1 N–H and O–H groups in total. The second kappa shape index (κ2) is 7.34. The summed E-state index contributed by atoms with van der Waals surface area (Å²) < 4.78 is 0. The Kier molecular flexibility index (Phi) is 6.45. The van der Waals surface area contributed by atoms with E-state index in [-0.39, 0.29) is 0 Å². The second-order valence-corrected chi connectivity index (χ2v) is 5.81. The van der Waals surface area contributed by atoms with Crippen LogP contribution in [-0.2, 0) is 0 Å². The molecule has 17 heavy (non-hydrogen) atoms. The smallest absolute Gasteiger partial charge is 0.0110 e. The zero-order valence-corrected chi connectivity index (χ0v) is 12.3. The third kappa shape index (κ3) is 4.94. The first kappa shape index (κ1) is 14.9. The molecule has 0 aliphatic carbocycles. The lowest BCUT2D eigenvalue weighted by molar-refractivity contribution is 0.0891. The fourth-order valence-electron chi connectivity index (χ4n) is 2.75. The van der Waals surface area contributed by atoms with E-state index in [4.69, 9.17) is 0 Å². The number of piperazine rings is 1. The zero-order valence-electron chi connectivity index (χ0n) is 12.3. The monoisotopic (exact) mass is 241 g/mol. The summed E-state index contributed by atoms with van der Waals surface area (Å²) in [6, 6.07) is 0. The van der Waals surface area contributed by atoms with Gasteiger partial charge in [0, 0.05) is 39.3 Å². The number of hydrogen-bond donors (Lipinski definition) is 1. The van der Waals surface area contributed by atoms with Crippen molar-refractivity contribution in [1.82, 2.24) is 15.1 Å². The van der Waals surface area contributed by atoms with Gasteiger partial charge in [-0.1, -0.05) is 20.8 Å². The highest BCUT2D eigenvalue weighted by atomic mass is 15.3. The van der Waals surface area contributed by atoms with Crippen LogP contribution in [0.1, 0.15) is 33.6 Å². The van der Waals surface area contributed by atoms with Gasteiger partial charge < -0.3 is 15.1 Å². The average molecular weight is 241 g/mol. The van der Waals surface area contributed by atoms with Gasteiger partial charge in [-0.3, -0.25) is 0 Å². The average Bonchev–Trinajstić information content (AvgIpc) is 2.32. The molecule has 0 saturated carbocycles. The van der Waals surface area contributed by atoms with Crippen molar-refractivity contribution in [3.05, 3.63) is 0 Å². The lowest BCUT2D eigenvalue weighted by Crippen LogP contribution is -2.50. The maximum atomic E-state index is 3.34. The largest absolute Gasteiger partial charge is 0.319 e. The van der Waals surface area contributed by atoms with Crippen LogP contribution in [-0.4, -0.2) is 62.7 Å². The third-order valence-corrected chi connectivity index (χ3v) is 4.07. The van der Waals surface area contributed by atoms with E-state index in [0.717, 1.165) is 6.54 Å². The van der Waals surface area contributed by atoms with Crippen LogP contribution in [0, 0.1) is 5.41 Å². The van der Waals surface area contributed by atoms with Crippen LogP contribution in [0.15, 0.2) is 0 Å². The van der Waals surface area contributed by atoms with Crippen molar-refractivity contribution < 1.29 is 0 Å². The molecular formula is C14H31N3. The highest BCUT2D eigenvalue weighted by Gasteiger charge is 2.26. The van der Waals surface area contributed by atoms with Crippen molar-refractivity contribution >= 4 is 0 Å². The highest BCUT2D eigenvalue weighted by Crippen LogP contribution is 2.22. The Morgan fingerprint density at radius 3 is 2.12 bits per heavy atom. The number of nitrogens with one attached hydrogen (secondary N) is 1. The first-order valence-corrected chi connectivity index (χ1v) is 7.23. The van der Waals surface area contributed by atoms with Gasteiger partial charge in [-0.2, -0.15) is 0 Å². The van der Waals surface area contributed by atoms with Crippen LogP contribution in [0.3, 0.4) is 0 Å². The van der Waals surface area contributed by atoms with Crippen molar-refractivity contribution in [2.75, 3.05) is 52.9 Å². The van der Waals surface area contributed by atoms with Crippen LogP contribution >= 0.6 is 0 Å². The lowest BCUT2D eigenvalue weighted by atomic mass is 9.86. The molecule has 0 aromatic carbocycles. The van der Waals surface area contributed by atoms with E-state index < -0.39 is 0 Å². The predicted molar refractivity (Wildman–Crippen MR) is 75.5 cm³/mol. The summed E-state index contributed by atoms with van der Waals surface area (Å²) in [6.07, 6.45) is 2.54. The second-order valence-electron chi connectivity index (χ2n) is 5.81. The maximum Gasteiger partial charge on any atom is 0.0110 e. The third-order valence-electron chi connectivity index (χ3n) is 4.07. The molecule has 1 rings (SSSR count). The van der Waals surface area contributed by atoms with Gasteiger partial charge in [0.1, 0.15) is 0 Å². The molecule has 0 aromatic rings. The summed E-state index contributed by atoms with van der Waals surface area (Å²) in [5.41, 5.74) is 0.432. The van der Waals surface area contributed by atoms with E-state index in [2.05, 4.69) is 42.9 Å². The fourth-order valence-corrected chi connectivity index (χ4v) is 2.75. The van der Waals surface area contributed by atoms with Crippen molar-refractivity contribution in [2.24, 2.45) is 5.41 Å². The van der Waals surface area contributed by atoms with Gasteiger partial charge in [-0.15, -0.1) is 0 Å². The Morgan fingerprint density at radius 2 is 1.65 bits per heavy atom. The van der Waals surface area contributed by atoms with Crippen LogP contribution < -0.4 is 5.32 Å².